The minimum absolute atomic E-state index is 0.633. The first kappa shape index (κ1) is 10.9. The molecular formula is C8H20N2O. The highest BCUT2D eigenvalue weighted by Gasteiger charge is 2.00. The molecule has 0 bridgehead atoms. The topological polar surface area (TPSA) is 38.5 Å². The van der Waals surface area contributed by atoms with Crippen molar-refractivity contribution in [1.29, 1.82) is 0 Å². The lowest BCUT2D eigenvalue weighted by Crippen LogP contribution is -2.27. The maximum atomic E-state index is 4.89. The summed E-state index contributed by atoms with van der Waals surface area (Å²) >= 11 is 0. The molecule has 0 unspecified atom stereocenters. The first-order chi connectivity index (χ1) is 5.18. The summed E-state index contributed by atoms with van der Waals surface area (Å²) in [5, 5.41) is 0. The Labute approximate surface area is 69.5 Å². The molecule has 0 saturated heterocycles. The van der Waals surface area contributed by atoms with E-state index in [1.165, 1.54) is 0 Å². The molecule has 0 saturated carbocycles. The van der Waals surface area contributed by atoms with E-state index in [0.29, 0.717) is 12.6 Å². The van der Waals surface area contributed by atoms with Crippen molar-refractivity contribution in [2.75, 3.05) is 20.2 Å². The van der Waals surface area contributed by atoms with E-state index >= 15 is 0 Å². The van der Waals surface area contributed by atoms with Gasteiger partial charge in [-0.25, -0.2) is 5.90 Å². The zero-order valence-corrected chi connectivity index (χ0v) is 7.84. The smallest absolute Gasteiger partial charge is 0.0679 e. The normalized spacial score (nSPS) is 11.5. The van der Waals surface area contributed by atoms with E-state index in [0.717, 1.165) is 19.4 Å². The second-order valence-corrected chi connectivity index (χ2v) is 3.15. The fourth-order valence-corrected chi connectivity index (χ4v) is 0.805. The Morgan fingerprint density at radius 2 is 2.00 bits per heavy atom. The van der Waals surface area contributed by atoms with Crippen molar-refractivity contribution < 1.29 is 4.84 Å². The van der Waals surface area contributed by atoms with Crippen molar-refractivity contribution in [3.8, 4) is 0 Å². The standard InChI is InChI=1S/C8H20N2O/c1-8(2)10(3)6-4-5-7-11-9/h8H,4-7,9H2,1-3H3. The molecule has 0 aliphatic heterocycles. The number of rotatable bonds is 6. The lowest BCUT2D eigenvalue weighted by molar-refractivity contribution is 0.130. The van der Waals surface area contributed by atoms with Gasteiger partial charge in [0.05, 0.1) is 6.61 Å². The van der Waals surface area contributed by atoms with Crippen LogP contribution in [-0.2, 0) is 4.84 Å². The molecule has 0 aromatic heterocycles. The molecule has 3 nitrogen and oxygen atoms in total. The van der Waals surface area contributed by atoms with Crippen LogP contribution in [0.3, 0.4) is 0 Å². The van der Waals surface area contributed by atoms with Crippen molar-refractivity contribution in [3.63, 3.8) is 0 Å². The highest BCUT2D eigenvalue weighted by molar-refractivity contribution is 4.56. The van der Waals surface area contributed by atoms with Crippen LogP contribution in [0.2, 0.25) is 0 Å². The highest BCUT2D eigenvalue weighted by Crippen LogP contribution is 1.97. The third-order valence-corrected chi connectivity index (χ3v) is 1.90. The molecule has 0 radical (unpaired) electrons. The summed E-state index contributed by atoms with van der Waals surface area (Å²) in [5.41, 5.74) is 0. The van der Waals surface area contributed by atoms with E-state index in [4.69, 9.17) is 5.90 Å². The van der Waals surface area contributed by atoms with E-state index in [2.05, 4.69) is 30.6 Å². The lowest BCUT2D eigenvalue weighted by Gasteiger charge is -2.20. The number of unbranched alkanes of at least 4 members (excludes halogenated alkanes) is 1. The summed E-state index contributed by atoms with van der Waals surface area (Å²) < 4.78 is 0. The summed E-state index contributed by atoms with van der Waals surface area (Å²) in [4.78, 5) is 6.78. The average molecular weight is 160 g/mol. The third kappa shape index (κ3) is 6.28. The molecule has 0 spiro atoms. The van der Waals surface area contributed by atoms with Crippen LogP contribution in [0.15, 0.2) is 0 Å². The van der Waals surface area contributed by atoms with Gasteiger partial charge < -0.3 is 9.74 Å². The first-order valence-electron chi connectivity index (χ1n) is 4.20. The Morgan fingerprint density at radius 1 is 1.36 bits per heavy atom. The van der Waals surface area contributed by atoms with Gasteiger partial charge >= 0.3 is 0 Å². The predicted octanol–water partition coefficient (Wildman–Crippen LogP) is 0.997. The van der Waals surface area contributed by atoms with Gasteiger partial charge in [0, 0.05) is 6.04 Å². The summed E-state index contributed by atoms with van der Waals surface area (Å²) in [7, 11) is 2.13. The Hall–Kier alpha value is -0.120. The van der Waals surface area contributed by atoms with Crippen molar-refractivity contribution in [2.24, 2.45) is 5.90 Å². The second-order valence-electron chi connectivity index (χ2n) is 3.15. The van der Waals surface area contributed by atoms with Crippen LogP contribution in [0.25, 0.3) is 0 Å². The molecule has 0 aliphatic carbocycles. The zero-order valence-electron chi connectivity index (χ0n) is 7.84. The monoisotopic (exact) mass is 160 g/mol. The summed E-state index contributed by atoms with van der Waals surface area (Å²) in [5.74, 6) is 4.89. The van der Waals surface area contributed by atoms with Gasteiger partial charge in [0.2, 0.25) is 0 Å². The molecule has 0 aromatic carbocycles. The van der Waals surface area contributed by atoms with Gasteiger partial charge in [0.15, 0.2) is 0 Å². The van der Waals surface area contributed by atoms with Crippen LogP contribution in [0.4, 0.5) is 0 Å². The van der Waals surface area contributed by atoms with E-state index in [1.54, 1.807) is 0 Å². The van der Waals surface area contributed by atoms with Crippen molar-refractivity contribution in [3.05, 3.63) is 0 Å². The minimum atomic E-state index is 0.633. The van der Waals surface area contributed by atoms with Crippen molar-refractivity contribution in [2.45, 2.75) is 32.7 Å². The molecule has 0 rings (SSSR count). The summed E-state index contributed by atoms with van der Waals surface area (Å²) in [6.45, 7) is 6.19. The molecule has 2 N–H and O–H groups in total. The Bertz CT molecular complexity index is 86.2. The van der Waals surface area contributed by atoms with Crippen molar-refractivity contribution in [1.82, 2.24) is 4.90 Å². The van der Waals surface area contributed by atoms with Gasteiger partial charge in [-0.1, -0.05) is 0 Å². The summed E-state index contributed by atoms with van der Waals surface area (Å²) in [6.07, 6.45) is 2.21. The Balaban J connectivity index is 3.10. The Kier molecular flexibility index (Phi) is 6.51. The fraction of sp³-hybridized carbons (Fsp3) is 1.00. The van der Waals surface area contributed by atoms with Crippen LogP contribution in [0, 0.1) is 0 Å². The number of nitrogens with zero attached hydrogens (tertiary/aromatic N) is 1. The molecule has 11 heavy (non-hydrogen) atoms. The van der Waals surface area contributed by atoms with Gasteiger partial charge in [-0.15, -0.1) is 0 Å². The van der Waals surface area contributed by atoms with Crippen LogP contribution < -0.4 is 5.90 Å². The van der Waals surface area contributed by atoms with Crippen LogP contribution in [-0.4, -0.2) is 31.1 Å². The van der Waals surface area contributed by atoms with Gasteiger partial charge in [-0.3, -0.25) is 0 Å². The largest absolute Gasteiger partial charge is 0.305 e. The predicted molar refractivity (Wildman–Crippen MR) is 47.1 cm³/mol. The molecule has 0 aromatic rings. The lowest BCUT2D eigenvalue weighted by atomic mass is 10.2. The summed E-state index contributed by atoms with van der Waals surface area (Å²) in [6, 6.07) is 0.633. The molecule has 0 aliphatic rings. The minimum Gasteiger partial charge on any atom is -0.305 e. The van der Waals surface area contributed by atoms with E-state index < -0.39 is 0 Å². The maximum absolute atomic E-state index is 4.89. The van der Waals surface area contributed by atoms with Gasteiger partial charge in [0.1, 0.15) is 0 Å². The van der Waals surface area contributed by atoms with Crippen LogP contribution >= 0.6 is 0 Å². The average Bonchev–Trinajstić information content (AvgIpc) is 1.97. The van der Waals surface area contributed by atoms with Gasteiger partial charge in [-0.05, 0) is 40.3 Å². The zero-order chi connectivity index (χ0) is 8.69. The molecule has 0 atom stereocenters. The van der Waals surface area contributed by atoms with E-state index in [9.17, 15) is 0 Å². The van der Waals surface area contributed by atoms with Gasteiger partial charge in [-0.2, -0.15) is 0 Å². The van der Waals surface area contributed by atoms with Crippen LogP contribution in [0.5, 0.6) is 0 Å². The fourth-order valence-electron chi connectivity index (χ4n) is 0.805. The van der Waals surface area contributed by atoms with E-state index in [-0.39, 0.29) is 0 Å². The van der Waals surface area contributed by atoms with Crippen LogP contribution in [0.1, 0.15) is 26.7 Å². The molecule has 68 valence electrons. The number of hydrogen-bond donors (Lipinski definition) is 1. The quantitative estimate of drug-likeness (QED) is 0.465. The molecular weight excluding hydrogens is 140 g/mol. The maximum Gasteiger partial charge on any atom is 0.0679 e. The van der Waals surface area contributed by atoms with E-state index in [1.807, 2.05) is 0 Å². The SMILES string of the molecule is CC(C)N(C)CCCCON. The van der Waals surface area contributed by atoms with Crippen molar-refractivity contribution >= 4 is 0 Å². The molecule has 0 amide bonds. The molecule has 3 heteroatoms. The first-order valence-corrected chi connectivity index (χ1v) is 4.20. The van der Waals surface area contributed by atoms with Gasteiger partial charge in [0.25, 0.3) is 0 Å². The number of hydrogen-bond acceptors (Lipinski definition) is 3. The highest BCUT2D eigenvalue weighted by atomic mass is 16.6. The number of nitrogens with two attached hydrogens (primary N) is 1. The third-order valence-electron chi connectivity index (χ3n) is 1.90. The second kappa shape index (κ2) is 6.58. The molecule has 0 fully saturated rings. The Morgan fingerprint density at radius 3 is 2.45 bits per heavy atom. The molecule has 0 heterocycles.